The van der Waals surface area contributed by atoms with Crippen molar-refractivity contribution in [2.24, 2.45) is 11.7 Å². The molecule has 0 radical (unpaired) electrons. The molecule has 0 aromatic rings. The highest BCUT2D eigenvalue weighted by Gasteiger charge is 2.19. The SMILES string of the molecule is CCOC1CCCN(CCCC(CC)CCN)C1. The summed E-state index contributed by atoms with van der Waals surface area (Å²) in [5.41, 5.74) is 5.64. The average molecular weight is 256 g/mol. The Morgan fingerprint density at radius 3 is 2.83 bits per heavy atom. The van der Waals surface area contributed by atoms with Gasteiger partial charge in [-0.1, -0.05) is 13.3 Å². The summed E-state index contributed by atoms with van der Waals surface area (Å²) >= 11 is 0. The van der Waals surface area contributed by atoms with Crippen molar-refractivity contribution in [2.45, 2.75) is 58.5 Å². The van der Waals surface area contributed by atoms with Crippen LogP contribution in [0.25, 0.3) is 0 Å². The molecule has 0 aromatic carbocycles. The van der Waals surface area contributed by atoms with Crippen LogP contribution >= 0.6 is 0 Å². The first-order chi connectivity index (χ1) is 8.80. The van der Waals surface area contributed by atoms with E-state index >= 15 is 0 Å². The third kappa shape index (κ3) is 6.17. The van der Waals surface area contributed by atoms with Crippen molar-refractivity contribution in [3.8, 4) is 0 Å². The van der Waals surface area contributed by atoms with E-state index in [9.17, 15) is 0 Å². The van der Waals surface area contributed by atoms with Crippen LogP contribution in [0.2, 0.25) is 0 Å². The maximum atomic E-state index is 5.74. The van der Waals surface area contributed by atoms with Crippen molar-refractivity contribution in [3.05, 3.63) is 0 Å². The maximum Gasteiger partial charge on any atom is 0.0702 e. The van der Waals surface area contributed by atoms with Gasteiger partial charge >= 0.3 is 0 Å². The largest absolute Gasteiger partial charge is 0.377 e. The zero-order valence-electron chi connectivity index (χ0n) is 12.4. The lowest BCUT2D eigenvalue weighted by Crippen LogP contribution is -2.40. The Kier molecular flexibility index (Phi) is 8.64. The van der Waals surface area contributed by atoms with Gasteiger partial charge in [0, 0.05) is 13.2 Å². The molecule has 0 amide bonds. The molecule has 2 N–H and O–H groups in total. The normalized spacial score (nSPS) is 23.2. The zero-order chi connectivity index (χ0) is 13.2. The van der Waals surface area contributed by atoms with Crippen LogP contribution in [0.5, 0.6) is 0 Å². The number of ether oxygens (including phenoxy) is 1. The Bertz CT molecular complexity index is 197. The molecule has 0 aliphatic carbocycles. The molecular weight excluding hydrogens is 224 g/mol. The Balaban J connectivity index is 2.14. The van der Waals surface area contributed by atoms with Crippen LogP contribution in [-0.4, -0.2) is 43.8 Å². The van der Waals surface area contributed by atoms with Gasteiger partial charge in [-0.15, -0.1) is 0 Å². The molecule has 2 unspecified atom stereocenters. The molecule has 1 rings (SSSR count). The lowest BCUT2D eigenvalue weighted by Gasteiger charge is -2.32. The molecule has 108 valence electrons. The first kappa shape index (κ1) is 15.9. The van der Waals surface area contributed by atoms with E-state index in [0.29, 0.717) is 6.10 Å². The van der Waals surface area contributed by atoms with Crippen LogP contribution in [0, 0.1) is 5.92 Å². The average Bonchev–Trinajstić information content (AvgIpc) is 2.38. The number of rotatable bonds is 9. The van der Waals surface area contributed by atoms with Crippen molar-refractivity contribution in [2.75, 3.05) is 32.8 Å². The predicted octanol–water partition coefficient (Wildman–Crippen LogP) is 2.64. The summed E-state index contributed by atoms with van der Waals surface area (Å²) in [6.07, 6.45) is 8.15. The van der Waals surface area contributed by atoms with Crippen LogP contribution in [0.15, 0.2) is 0 Å². The minimum absolute atomic E-state index is 0.481. The maximum absolute atomic E-state index is 5.74. The molecule has 3 nitrogen and oxygen atoms in total. The summed E-state index contributed by atoms with van der Waals surface area (Å²) in [6.45, 7) is 9.72. The van der Waals surface area contributed by atoms with Gasteiger partial charge in [0.1, 0.15) is 0 Å². The van der Waals surface area contributed by atoms with Crippen molar-refractivity contribution in [1.29, 1.82) is 0 Å². The smallest absolute Gasteiger partial charge is 0.0702 e. The number of hydrogen-bond donors (Lipinski definition) is 1. The Morgan fingerprint density at radius 1 is 1.33 bits per heavy atom. The van der Waals surface area contributed by atoms with Crippen LogP contribution in [-0.2, 0) is 4.74 Å². The molecule has 0 saturated carbocycles. The molecule has 3 heteroatoms. The van der Waals surface area contributed by atoms with Gasteiger partial charge in [0.05, 0.1) is 6.10 Å². The van der Waals surface area contributed by atoms with Gasteiger partial charge in [0.2, 0.25) is 0 Å². The topological polar surface area (TPSA) is 38.5 Å². The number of likely N-dealkylation sites (tertiary alicyclic amines) is 1. The Hall–Kier alpha value is -0.120. The van der Waals surface area contributed by atoms with Gasteiger partial charge in [0.25, 0.3) is 0 Å². The van der Waals surface area contributed by atoms with Crippen LogP contribution in [0.3, 0.4) is 0 Å². The molecule has 1 aliphatic heterocycles. The minimum Gasteiger partial charge on any atom is -0.377 e. The molecule has 2 atom stereocenters. The Morgan fingerprint density at radius 2 is 2.17 bits per heavy atom. The van der Waals surface area contributed by atoms with Gasteiger partial charge in [-0.3, -0.25) is 0 Å². The standard InChI is InChI=1S/C15H32N2O/c1-3-14(9-10-16)7-5-11-17-12-6-8-15(13-17)18-4-2/h14-15H,3-13,16H2,1-2H3. The third-order valence-electron chi connectivity index (χ3n) is 4.10. The van der Waals surface area contributed by atoms with E-state index in [1.165, 1.54) is 51.6 Å². The first-order valence-electron chi connectivity index (χ1n) is 7.84. The summed E-state index contributed by atoms with van der Waals surface area (Å²) in [6, 6.07) is 0. The summed E-state index contributed by atoms with van der Waals surface area (Å²) in [5, 5.41) is 0. The third-order valence-corrected chi connectivity index (χ3v) is 4.10. The van der Waals surface area contributed by atoms with E-state index in [1.54, 1.807) is 0 Å². The Labute approximate surface area is 113 Å². The predicted molar refractivity (Wildman–Crippen MR) is 77.8 cm³/mol. The molecule has 0 aromatic heterocycles. The van der Waals surface area contributed by atoms with Crippen molar-refractivity contribution >= 4 is 0 Å². The molecule has 18 heavy (non-hydrogen) atoms. The fourth-order valence-electron chi connectivity index (χ4n) is 2.98. The first-order valence-corrected chi connectivity index (χ1v) is 7.84. The van der Waals surface area contributed by atoms with Gasteiger partial charge in [-0.2, -0.15) is 0 Å². The van der Waals surface area contributed by atoms with Crippen LogP contribution in [0.1, 0.15) is 52.4 Å². The highest BCUT2D eigenvalue weighted by atomic mass is 16.5. The van der Waals surface area contributed by atoms with Gasteiger partial charge in [-0.25, -0.2) is 0 Å². The second-order valence-corrected chi connectivity index (χ2v) is 5.51. The van der Waals surface area contributed by atoms with Gasteiger partial charge < -0.3 is 15.4 Å². The van der Waals surface area contributed by atoms with E-state index in [4.69, 9.17) is 10.5 Å². The van der Waals surface area contributed by atoms with Gasteiger partial charge in [0.15, 0.2) is 0 Å². The van der Waals surface area contributed by atoms with Crippen LogP contribution < -0.4 is 5.73 Å². The van der Waals surface area contributed by atoms with E-state index in [2.05, 4.69) is 18.7 Å². The molecular formula is C15H32N2O. The monoisotopic (exact) mass is 256 g/mol. The molecule has 0 bridgehead atoms. The minimum atomic E-state index is 0.481. The van der Waals surface area contributed by atoms with Gasteiger partial charge in [-0.05, 0) is 64.6 Å². The van der Waals surface area contributed by atoms with Crippen LogP contribution in [0.4, 0.5) is 0 Å². The van der Waals surface area contributed by atoms with E-state index in [1.807, 2.05) is 0 Å². The second-order valence-electron chi connectivity index (χ2n) is 5.51. The molecule has 1 aliphatic rings. The lowest BCUT2D eigenvalue weighted by molar-refractivity contribution is 0.00532. The van der Waals surface area contributed by atoms with Crippen molar-refractivity contribution < 1.29 is 4.74 Å². The summed E-state index contributed by atoms with van der Waals surface area (Å²) in [4.78, 5) is 2.58. The zero-order valence-corrected chi connectivity index (χ0v) is 12.4. The van der Waals surface area contributed by atoms with E-state index in [0.717, 1.165) is 25.6 Å². The number of nitrogens with zero attached hydrogens (tertiary/aromatic N) is 1. The second kappa shape index (κ2) is 9.76. The number of nitrogens with two attached hydrogens (primary N) is 1. The molecule has 1 saturated heterocycles. The highest BCUT2D eigenvalue weighted by Crippen LogP contribution is 2.17. The molecule has 1 fully saturated rings. The quantitative estimate of drug-likeness (QED) is 0.689. The lowest BCUT2D eigenvalue weighted by atomic mass is 9.96. The fraction of sp³-hybridized carbons (Fsp3) is 1.00. The van der Waals surface area contributed by atoms with Crippen molar-refractivity contribution in [3.63, 3.8) is 0 Å². The summed E-state index contributed by atoms with van der Waals surface area (Å²) < 4.78 is 5.74. The number of hydrogen-bond acceptors (Lipinski definition) is 3. The molecule has 1 heterocycles. The molecule has 0 spiro atoms. The van der Waals surface area contributed by atoms with E-state index in [-0.39, 0.29) is 0 Å². The fourth-order valence-corrected chi connectivity index (χ4v) is 2.98. The highest BCUT2D eigenvalue weighted by molar-refractivity contribution is 4.73. The van der Waals surface area contributed by atoms with Crippen molar-refractivity contribution in [1.82, 2.24) is 4.90 Å². The summed E-state index contributed by atoms with van der Waals surface area (Å²) in [7, 11) is 0. The number of piperidine rings is 1. The summed E-state index contributed by atoms with van der Waals surface area (Å²) in [5.74, 6) is 0.836. The van der Waals surface area contributed by atoms with E-state index < -0.39 is 0 Å².